The van der Waals surface area contributed by atoms with Gasteiger partial charge in [0.05, 0.1) is 6.54 Å². The second-order valence-corrected chi connectivity index (χ2v) is 6.06. The van der Waals surface area contributed by atoms with Crippen molar-refractivity contribution in [2.24, 2.45) is 7.05 Å². The van der Waals surface area contributed by atoms with Gasteiger partial charge in [-0.2, -0.15) is 0 Å². The van der Waals surface area contributed by atoms with Gasteiger partial charge in [0.2, 0.25) is 5.91 Å². The molecule has 0 radical (unpaired) electrons. The fourth-order valence-electron chi connectivity index (χ4n) is 2.76. The highest BCUT2D eigenvalue weighted by molar-refractivity contribution is 5.96. The van der Waals surface area contributed by atoms with Crippen LogP contribution in [0.5, 0.6) is 0 Å². The van der Waals surface area contributed by atoms with Crippen LogP contribution in [-0.2, 0) is 18.4 Å². The average molecular weight is 335 g/mol. The molecule has 0 fully saturated rings. The van der Waals surface area contributed by atoms with E-state index in [1.165, 1.54) is 11.2 Å². The number of nitrogens with one attached hydrogen (secondary N) is 2. The third kappa shape index (κ3) is 3.88. The third-order valence-electron chi connectivity index (χ3n) is 4.28. The lowest BCUT2D eigenvalue weighted by molar-refractivity contribution is -0.120. The Hall–Kier alpha value is -3.08. The van der Waals surface area contributed by atoms with Crippen LogP contribution in [0.15, 0.2) is 54.6 Å². The first kappa shape index (κ1) is 16.8. The first-order chi connectivity index (χ1) is 12.0. The fourth-order valence-corrected chi connectivity index (χ4v) is 2.76. The highest BCUT2D eigenvalue weighted by atomic mass is 16.2. The van der Waals surface area contributed by atoms with Crippen LogP contribution < -0.4 is 10.6 Å². The zero-order valence-electron chi connectivity index (χ0n) is 14.4. The van der Waals surface area contributed by atoms with Crippen molar-refractivity contribution < 1.29 is 9.59 Å². The molecule has 0 saturated heterocycles. The van der Waals surface area contributed by atoms with E-state index in [2.05, 4.69) is 40.3 Å². The molecule has 2 amide bonds. The minimum atomic E-state index is -0.253. The van der Waals surface area contributed by atoms with Gasteiger partial charge in [0, 0.05) is 35.8 Å². The molecule has 0 unspecified atom stereocenters. The van der Waals surface area contributed by atoms with Gasteiger partial charge >= 0.3 is 0 Å². The molecule has 25 heavy (non-hydrogen) atoms. The molecule has 0 aliphatic heterocycles. The predicted octanol–water partition coefficient (Wildman–Crippen LogP) is 2.53. The van der Waals surface area contributed by atoms with Gasteiger partial charge in [0.1, 0.15) is 0 Å². The van der Waals surface area contributed by atoms with E-state index in [0.29, 0.717) is 12.1 Å². The van der Waals surface area contributed by atoms with E-state index in [9.17, 15) is 9.59 Å². The molecule has 0 saturated carbocycles. The standard InChI is InChI=1S/C20H21N3O2/c1-14-10-17-11-15(8-9-18(17)23(14)2)12-21-19(24)13-22-20(25)16-6-4-3-5-7-16/h3-11H,12-13H2,1-2H3,(H,21,24)(H,22,25). The van der Waals surface area contributed by atoms with E-state index in [0.717, 1.165) is 10.9 Å². The van der Waals surface area contributed by atoms with Crippen molar-refractivity contribution in [1.29, 1.82) is 0 Å². The normalized spacial score (nSPS) is 10.6. The Morgan fingerprint density at radius 1 is 1.00 bits per heavy atom. The molecule has 2 aromatic carbocycles. The van der Waals surface area contributed by atoms with Crippen LogP contribution in [0, 0.1) is 6.92 Å². The number of benzene rings is 2. The SMILES string of the molecule is Cc1cc2cc(CNC(=O)CNC(=O)c3ccccc3)ccc2n1C. The van der Waals surface area contributed by atoms with Gasteiger partial charge in [0.15, 0.2) is 0 Å². The second kappa shape index (κ2) is 7.21. The maximum atomic E-state index is 11.9. The Labute approximate surface area is 146 Å². The van der Waals surface area contributed by atoms with E-state index in [1.54, 1.807) is 24.3 Å². The molecule has 3 aromatic rings. The lowest BCUT2D eigenvalue weighted by Crippen LogP contribution is -2.36. The predicted molar refractivity (Wildman–Crippen MR) is 98.3 cm³/mol. The van der Waals surface area contributed by atoms with E-state index >= 15 is 0 Å². The number of amides is 2. The largest absolute Gasteiger partial charge is 0.350 e. The highest BCUT2D eigenvalue weighted by Gasteiger charge is 2.08. The summed E-state index contributed by atoms with van der Waals surface area (Å²) >= 11 is 0. The molecule has 0 bridgehead atoms. The van der Waals surface area contributed by atoms with Gasteiger partial charge in [-0.3, -0.25) is 9.59 Å². The summed E-state index contributed by atoms with van der Waals surface area (Å²) in [5.41, 5.74) is 3.93. The van der Waals surface area contributed by atoms with Crippen molar-refractivity contribution in [2.45, 2.75) is 13.5 Å². The number of nitrogens with zero attached hydrogens (tertiary/aromatic N) is 1. The highest BCUT2D eigenvalue weighted by Crippen LogP contribution is 2.19. The second-order valence-electron chi connectivity index (χ2n) is 6.06. The van der Waals surface area contributed by atoms with Crippen molar-refractivity contribution in [3.05, 3.63) is 71.4 Å². The average Bonchev–Trinajstić information content (AvgIpc) is 2.92. The van der Waals surface area contributed by atoms with E-state index in [1.807, 2.05) is 19.2 Å². The summed E-state index contributed by atoms with van der Waals surface area (Å²) in [6.07, 6.45) is 0. The summed E-state index contributed by atoms with van der Waals surface area (Å²) in [7, 11) is 2.04. The molecule has 0 aliphatic rings. The minimum absolute atomic E-state index is 0.0413. The Morgan fingerprint density at radius 2 is 1.76 bits per heavy atom. The first-order valence-electron chi connectivity index (χ1n) is 8.19. The summed E-state index contributed by atoms with van der Waals surface area (Å²) in [6, 6.07) is 17.1. The van der Waals surface area contributed by atoms with E-state index in [4.69, 9.17) is 0 Å². The van der Waals surface area contributed by atoms with Crippen LogP contribution in [0.3, 0.4) is 0 Å². The molecule has 0 spiro atoms. The molecule has 3 rings (SSSR count). The molecule has 0 atom stereocenters. The molecule has 0 aliphatic carbocycles. The van der Waals surface area contributed by atoms with Crippen molar-refractivity contribution in [3.63, 3.8) is 0 Å². The van der Waals surface area contributed by atoms with Crippen LogP contribution >= 0.6 is 0 Å². The number of carbonyl (C=O) groups is 2. The number of aryl methyl sites for hydroxylation is 2. The molecule has 2 N–H and O–H groups in total. The number of hydrogen-bond acceptors (Lipinski definition) is 2. The minimum Gasteiger partial charge on any atom is -0.350 e. The van der Waals surface area contributed by atoms with Gasteiger partial charge in [0.25, 0.3) is 5.91 Å². The topological polar surface area (TPSA) is 63.1 Å². The summed E-state index contributed by atoms with van der Waals surface area (Å²) in [5.74, 6) is -0.467. The van der Waals surface area contributed by atoms with Crippen LogP contribution in [-0.4, -0.2) is 22.9 Å². The molecule has 5 nitrogen and oxygen atoms in total. The zero-order valence-corrected chi connectivity index (χ0v) is 14.4. The van der Waals surface area contributed by atoms with E-state index < -0.39 is 0 Å². The third-order valence-corrected chi connectivity index (χ3v) is 4.28. The van der Waals surface area contributed by atoms with Crippen molar-refractivity contribution in [2.75, 3.05) is 6.54 Å². The van der Waals surface area contributed by atoms with Gasteiger partial charge in [-0.25, -0.2) is 0 Å². The monoisotopic (exact) mass is 335 g/mol. The quantitative estimate of drug-likeness (QED) is 0.753. The van der Waals surface area contributed by atoms with Gasteiger partial charge in [-0.15, -0.1) is 0 Å². The van der Waals surface area contributed by atoms with Crippen LogP contribution in [0.4, 0.5) is 0 Å². The molecule has 128 valence electrons. The summed E-state index contributed by atoms with van der Waals surface area (Å²) in [6.45, 7) is 2.46. The number of aromatic nitrogens is 1. The number of hydrogen-bond donors (Lipinski definition) is 2. The summed E-state index contributed by atoms with van der Waals surface area (Å²) in [5, 5.41) is 6.61. The molecular weight excluding hydrogens is 314 g/mol. The van der Waals surface area contributed by atoms with Gasteiger partial charge in [-0.05, 0) is 42.8 Å². The zero-order chi connectivity index (χ0) is 17.8. The Bertz CT molecular complexity index is 913. The van der Waals surface area contributed by atoms with Crippen LogP contribution in [0.2, 0.25) is 0 Å². The maximum Gasteiger partial charge on any atom is 0.251 e. The Kier molecular flexibility index (Phi) is 4.84. The van der Waals surface area contributed by atoms with Crippen molar-refractivity contribution in [1.82, 2.24) is 15.2 Å². The van der Waals surface area contributed by atoms with Crippen LogP contribution in [0.25, 0.3) is 10.9 Å². The van der Waals surface area contributed by atoms with E-state index in [-0.39, 0.29) is 18.4 Å². The van der Waals surface area contributed by atoms with Gasteiger partial charge < -0.3 is 15.2 Å². The lowest BCUT2D eigenvalue weighted by atomic mass is 10.1. The number of rotatable bonds is 5. The van der Waals surface area contributed by atoms with Crippen molar-refractivity contribution in [3.8, 4) is 0 Å². The van der Waals surface area contributed by atoms with Crippen molar-refractivity contribution >= 4 is 22.7 Å². The van der Waals surface area contributed by atoms with Gasteiger partial charge in [-0.1, -0.05) is 24.3 Å². The molecule has 1 heterocycles. The summed E-state index contributed by atoms with van der Waals surface area (Å²) in [4.78, 5) is 23.9. The first-order valence-corrected chi connectivity index (χ1v) is 8.19. The number of carbonyl (C=O) groups excluding carboxylic acids is 2. The summed E-state index contributed by atoms with van der Waals surface area (Å²) < 4.78 is 2.14. The Balaban J connectivity index is 1.53. The molecule has 5 heteroatoms. The number of fused-ring (bicyclic) bond motifs is 1. The fraction of sp³-hybridized carbons (Fsp3) is 0.200. The smallest absolute Gasteiger partial charge is 0.251 e. The van der Waals surface area contributed by atoms with Crippen LogP contribution in [0.1, 0.15) is 21.6 Å². The maximum absolute atomic E-state index is 11.9. The molecular formula is C20H21N3O2. The lowest BCUT2D eigenvalue weighted by Gasteiger charge is -2.08. The molecule has 1 aromatic heterocycles. The Morgan fingerprint density at radius 3 is 2.52 bits per heavy atom.